The molecule has 1 heterocycles. The molecular formula is C16H14F3NO4. The van der Waals surface area contributed by atoms with Gasteiger partial charge in [0.2, 0.25) is 11.8 Å². The number of rotatable bonds is 4. The second-order valence-corrected chi connectivity index (χ2v) is 6.21. The molecule has 128 valence electrons. The summed E-state index contributed by atoms with van der Waals surface area (Å²) in [5, 5.41) is 9.17. The molecule has 0 radical (unpaired) electrons. The van der Waals surface area contributed by atoms with Crippen LogP contribution in [0.3, 0.4) is 0 Å². The molecule has 2 fully saturated rings. The van der Waals surface area contributed by atoms with Gasteiger partial charge in [-0.15, -0.1) is 0 Å². The van der Waals surface area contributed by atoms with Crippen molar-refractivity contribution in [2.24, 2.45) is 0 Å². The summed E-state index contributed by atoms with van der Waals surface area (Å²) in [5.74, 6) is -2.58. The maximum absolute atomic E-state index is 13.0. The van der Waals surface area contributed by atoms with Gasteiger partial charge >= 0.3 is 12.1 Å². The molecule has 5 nitrogen and oxygen atoms in total. The monoisotopic (exact) mass is 341 g/mol. The number of nitrogens with zero attached hydrogens (tertiary/aromatic N) is 1. The van der Waals surface area contributed by atoms with E-state index >= 15 is 0 Å². The number of carboxylic acid groups (broad SMARTS) is 1. The Labute approximate surface area is 135 Å². The first-order valence-corrected chi connectivity index (χ1v) is 7.41. The van der Waals surface area contributed by atoms with Crippen LogP contribution >= 0.6 is 0 Å². The van der Waals surface area contributed by atoms with E-state index in [0.29, 0.717) is 12.8 Å². The summed E-state index contributed by atoms with van der Waals surface area (Å²) in [5.41, 5.74) is -2.83. The first-order chi connectivity index (χ1) is 11.1. The van der Waals surface area contributed by atoms with Crippen LogP contribution in [-0.4, -0.2) is 33.8 Å². The van der Waals surface area contributed by atoms with E-state index in [-0.39, 0.29) is 11.6 Å². The molecule has 1 aliphatic heterocycles. The van der Waals surface area contributed by atoms with Gasteiger partial charge in [-0.2, -0.15) is 13.2 Å². The van der Waals surface area contributed by atoms with Gasteiger partial charge in [0.05, 0.1) is 17.4 Å². The zero-order valence-electron chi connectivity index (χ0n) is 12.5. The summed E-state index contributed by atoms with van der Waals surface area (Å²) in [6.07, 6.45) is -4.48. The van der Waals surface area contributed by atoms with Gasteiger partial charge < -0.3 is 5.11 Å². The normalized spacial score (nSPS) is 24.5. The fraction of sp³-hybridized carbons (Fsp3) is 0.438. The zero-order valence-corrected chi connectivity index (χ0v) is 12.5. The van der Waals surface area contributed by atoms with Gasteiger partial charge in [0, 0.05) is 12.5 Å². The maximum atomic E-state index is 13.0. The minimum atomic E-state index is -4.62. The first-order valence-electron chi connectivity index (χ1n) is 7.41. The van der Waals surface area contributed by atoms with Crippen molar-refractivity contribution in [3.63, 3.8) is 0 Å². The Morgan fingerprint density at radius 3 is 2.50 bits per heavy atom. The van der Waals surface area contributed by atoms with Gasteiger partial charge in [0.1, 0.15) is 0 Å². The van der Waals surface area contributed by atoms with Gasteiger partial charge in [-0.25, -0.2) is 0 Å². The lowest BCUT2D eigenvalue weighted by molar-refractivity contribution is -0.145. The average Bonchev–Trinajstić information content (AvgIpc) is 3.26. The van der Waals surface area contributed by atoms with E-state index in [1.165, 1.54) is 6.07 Å². The third kappa shape index (κ3) is 2.65. The summed E-state index contributed by atoms with van der Waals surface area (Å²) in [6.45, 7) is 0. The molecule has 8 heteroatoms. The molecular weight excluding hydrogens is 327 g/mol. The third-order valence-electron chi connectivity index (χ3n) is 4.46. The SMILES string of the molecule is O=C(O)CC1(c2cccc(C(F)(F)F)c2)CC(=O)N(C2CC2)C1=O. The van der Waals surface area contributed by atoms with Crippen LogP contribution in [0.5, 0.6) is 0 Å². The second-order valence-electron chi connectivity index (χ2n) is 6.21. The Bertz CT molecular complexity index is 726. The van der Waals surface area contributed by atoms with E-state index in [4.69, 9.17) is 5.11 Å². The molecule has 1 aliphatic carbocycles. The number of carboxylic acids is 1. The second kappa shape index (κ2) is 5.32. The van der Waals surface area contributed by atoms with Crippen LogP contribution in [0.15, 0.2) is 24.3 Å². The molecule has 1 atom stereocenters. The number of hydrogen-bond donors (Lipinski definition) is 1. The van der Waals surface area contributed by atoms with Crippen LogP contribution in [0.4, 0.5) is 13.2 Å². The number of imide groups is 1. The van der Waals surface area contributed by atoms with Crippen LogP contribution in [0.1, 0.15) is 36.8 Å². The highest BCUT2D eigenvalue weighted by atomic mass is 19.4. The van der Waals surface area contributed by atoms with Gasteiger partial charge in [-0.3, -0.25) is 19.3 Å². The number of aliphatic carboxylic acids is 1. The minimum Gasteiger partial charge on any atom is -0.481 e. The number of halogens is 3. The number of amides is 2. The molecule has 2 aliphatic rings. The number of benzene rings is 1. The number of hydrogen-bond acceptors (Lipinski definition) is 3. The van der Waals surface area contributed by atoms with Crippen molar-refractivity contribution in [2.75, 3.05) is 0 Å². The molecule has 1 N–H and O–H groups in total. The number of carbonyl (C=O) groups excluding carboxylic acids is 2. The molecule has 0 aromatic heterocycles. The lowest BCUT2D eigenvalue weighted by Gasteiger charge is -2.26. The number of carbonyl (C=O) groups is 3. The van der Waals surface area contributed by atoms with E-state index in [1.807, 2.05) is 0 Å². The molecule has 1 saturated heterocycles. The molecule has 0 bridgehead atoms. The maximum Gasteiger partial charge on any atom is 0.416 e. The summed E-state index contributed by atoms with van der Waals surface area (Å²) in [4.78, 5) is 37.3. The fourth-order valence-electron chi connectivity index (χ4n) is 3.18. The summed E-state index contributed by atoms with van der Waals surface area (Å²) >= 11 is 0. The van der Waals surface area contributed by atoms with Crippen molar-refractivity contribution in [2.45, 2.75) is 43.3 Å². The van der Waals surface area contributed by atoms with Gasteiger partial charge in [-0.05, 0) is 24.5 Å². The van der Waals surface area contributed by atoms with Crippen LogP contribution in [0.2, 0.25) is 0 Å². The minimum absolute atomic E-state index is 0.0822. The van der Waals surface area contributed by atoms with Crippen molar-refractivity contribution in [1.29, 1.82) is 0 Å². The molecule has 1 aromatic carbocycles. The van der Waals surface area contributed by atoms with Crippen LogP contribution in [-0.2, 0) is 26.0 Å². The van der Waals surface area contributed by atoms with E-state index in [2.05, 4.69) is 0 Å². The van der Waals surface area contributed by atoms with Gasteiger partial charge in [-0.1, -0.05) is 18.2 Å². The van der Waals surface area contributed by atoms with Crippen molar-refractivity contribution >= 4 is 17.8 Å². The topological polar surface area (TPSA) is 74.7 Å². The van der Waals surface area contributed by atoms with E-state index in [9.17, 15) is 27.6 Å². The molecule has 1 saturated carbocycles. The Morgan fingerprint density at radius 1 is 1.29 bits per heavy atom. The third-order valence-corrected chi connectivity index (χ3v) is 4.46. The van der Waals surface area contributed by atoms with Gasteiger partial charge in [0.25, 0.3) is 0 Å². The molecule has 1 unspecified atom stereocenters. The lowest BCUT2D eigenvalue weighted by Crippen LogP contribution is -2.41. The Morgan fingerprint density at radius 2 is 1.96 bits per heavy atom. The molecule has 24 heavy (non-hydrogen) atoms. The summed E-state index contributed by atoms with van der Waals surface area (Å²) in [7, 11) is 0. The highest BCUT2D eigenvalue weighted by Crippen LogP contribution is 2.45. The standard InChI is InChI=1S/C16H14F3NO4/c17-16(18,19)10-3-1-2-9(6-10)15(8-13(22)23)7-12(21)20(14(15)24)11-4-5-11/h1-3,6,11H,4-5,7-8H2,(H,22,23). The summed E-state index contributed by atoms with van der Waals surface area (Å²) in [6, 6.07) is 3.76. The quantitative estimate of drug-likeness (QED) is 0.853. The van der Waals surface area contributed by atoms with Crippen molar-refractivity contribution in [1.82, 2.24) is 4.90 Å². The van der Waals surface area contributed by atoms with Crippen molar-refractivity contribution in [3.05, 3.63) is 35.4 Å². The molecule has 0 spiro atoms. The predicted octanol–water partition coefficient (Wildman–Crippen LogP) is 2.34. The smallest absolute Gasteiger partial charge is 0.416 e. The molecule has 2 amide bonds. The predicted molar refractivity (Wildman–Crippen MR) is 74.9 cm³/mol. The van der Waals surface area contributed by atoms with E-state index < -0.39 is 47.8 Å². The average molecular weight is 341 g/mol. The van der Waals surface area contributed by atoms with E-state index in [0.717, 1.165) is 23.1 Å². The van der Waals surface area contributed by atoms with Crippen molar-refractivity contribution < 1.29 is 32.7 Å². The Balaban J connectivity index is 2.09. The first kappa shape index (κ1) is 16.5. The zero-order chi connectivity index (χ0) is 17.7. The largest absolute Gasteiger partial charge is 0.481 e. The highest BCUT2D eigenvalue weighted by molar-refractivity contribution is 6.10. The van der Waals surface area contributed by atoms with Crippen LogP contribution in [0, 0.1) is 0 Å². The fourth-order valence-corrected chi connectivity index (χ4v) is 3.18. The van der Waals surface area contributed by atoms with Crippen molar-refractivity contribution in [3.8, 4) is 0 Å². The van der Waals surface area contributed by atoms with Gasteiger partial charge in [0.15, 0.2) is 0 Å². The Kier molecular flexibility index (Phi) is 3.65. The molecule has 1 aromatic rings. The van der Waals surface area contributed by atoms with E-state index in [1.54, 1.807) is 0 Å². The Hall–Kier alpha value is -2.38. The number of alkyl halides is 3. The van der Waals surface area contributed by atoms with Crippen LogP contribution in [0.25, 0.3) is 0 Å². The summed E-state index contributed by atoms with van der Waals surface area (Å²) < 4.78 is 38.9. The number of likely N-dealkylation sites (tertiary alicyclic amines) is 1. The van der Waals surface area contributed by atoms with Crippen LogP contribution < -0.4 is 0 Å². The molecule has 3 rings (SSSR count). The highest BCUT2D eigenvalue weighted by Gasteiger charge is 2.57. The lowest BCUT2D eigenvalue weighted by atomic mass is 9.75.